The highest BCUT2D eigenvalue weighted by Gasteiger charge is 2.14. The van der Waals surface area contributed by atoms with Gasteiger partial charge in [-0.05, 0) is 78.2 Å². The molecule has 0 radical (unpaired) electrons. The van der Waals surface area contributed by atoms with E-state index < -0.39 is 5.97 Å². The molecule has 0 heterocycles. The van der Waals surface area contributed by atoms with E-state index in [9.17, 15) is 9.59 Å². The fourth-order valence-electron chi connectivity index (χ4n) is 3.81. The van der Waals surface area contributed by atoms with Gasteiger partial charge in [-0.3, -0.25) is 4.79 Å². The average molecular weight is 497 g/mol. The number of hydrogen-bond donors (Lipinski definition) is 1. The van der Waals surface area contributed by atoms with Crippen LogP contribution in [0.25, 0.3) is 10.8 Å². The number of esters is 1. The van der Waals surface area contributed by atoms with Crippen LogP contribution in [0.15, 0.2) is 90.0 Å². The zero-order valence-corrected chi connectivity index (χ0v) is 20.8. The molecule has 0 fully saturated rings. The minimum absolute atomic E-state index is 0.212. The van der Waals surface area contributed by atoms with Gasteiger partial charge in [0.15, 0.2) is 11.5 Å². The zero-order chi connectivity index (χ0) is 26.0. The van der Waals surface area contributed by atoms with Gasteiger partial charge in [-0.1, -0.05) is 42.5 Å². The van der Waals surface area contributed by atoms with Gasteiger partial charge in [0.25, 0.3) is 0 Å². The second kappa shape index (κ2) is 12.4. The normalized spacial score (nSPS) is 10.9. The highest BCUT2D eigenvalue weighted by molar-refractivity contribution is 5.92. The Morgan fingerprint density at radius 2 is 1.59 bits per heavy atom. The summed E-state index contributed by atoms with van der Waals surface area (Å²) in [5.74, 6) is 0.636. The van der Waals surface area contributed by atoms with Gasteiger partial charge in [0.1, 0.15) is 5.75 Å². The summed E-state index contributed by atoms with van der Waals surface area (Å²) in [4.78, 5) is 25.1. The number of rotatable bonds is 10. The number of nitrogens with one attached hydrogen (secondary N) is 1. The Balaban J connectivity index is 1.40. The molecule has 188 valence electrons. The minimum Gasteiger partial charge on any atom is -0.494 e. The maximum absolute atomic E-state index is 12.6. The summed E-state index contributed by atoms with van der Waals surface area (Å²) < 4.78 is 16.6. The lowest BCUT2D eigenvalue weighted by molar-refractivity contribution is -0.120. The van der Waals surface area contributed by atoms with Gasteiger partial charge < -0.3 is 14.2 Å². The van der Waals surface area contributed by atoms with E-state index in [1.165, 1.54) is 6.21 Å². The Hall–Kier alpha value is -4.65. The van der Waals surface area contributed by atoms with E-state index in [1.54, 1.807) is 42.5 Å². The van der Waals surface area contributed by atoms with Gasteiger partial charge in [0, 0.05) is 0 Å². The SMILES string of the molecule is CCOc1ccc(C(=O)Oc2ccc(/C=N/NC(=O)Cc3cccc4ccccc34)cc2OCC)cc1. The van der Waals surface area contributed by atoms with Crippen LogP contribution in [0, 0.1) is 0 Å². The molecule has 4 aromatic rings. The van der Waals surface area contributed by atoms with Crippen LogP contribution >= 0.6 is 0 Å². The number of nitrogens with zero attached hydrogens (tertiary/aromatic N) is 1. The maximum atomic E-state index is 12.6. The largest absolute Gasteiger partial charge is 0.494 e. The van der Waals surface area contributed by atoms with Crippen molar-refractivity contribution in [2.75, 3.05) is 13.2 Å². The highest BCUT2D eigenvalue weighted by Crippen LogP contribution is 2.29. The van der Waals surface area contributed by atoms with Crippen LogP contribution in [0.4, 0.5) is 0 Å². The maximum Gasteiger partial charge on any atom is 0.343 e. The molecule has 7 heteroatoms. The Kier molecular flexibility index (Phi) is 8.49. The van der Waals surface area contributed by atoms with Crippen LogP contribution in [-0.4, -0.2) is 31.3 Å². The third-order valence-electron chi connectivity index (χ3n) is 5.51. The van der Waals surface area contributed by atoms with Gasteiger partial charge >= 0.3 is 5.97 Å². The van der Waals surface area contributed by atoms with E-state index in [-0.39, 0.29) is 18.1 Å². The fourth-order valence-corrected chi connectivity index (χ4v) is 3.81. The molecule has 1 N–H and O–H groups in total. The van der Waals surface area contributed by atoms with Crippen LogP contribution < -0.4 is 19.6 Å². The van der Waals surface area contributed by atoms with Crippen molar-refractivity contribution in [2.45, 2.75) is 20.3 Å². The molecule has 1 amide bonds. The number of fused-ring (bicyclic) bond motifs is 1. The van der Waals surface area contributed by atoms with E-state index in [0.717, 1.165) is 16.3 Å². The quantitative estimate of drug-likeness (QED) is 0.135. The lowest BCUT2D eigenvalue weighted by Gasteiger charge is -2.11. The van der Waals surface area contributed by atoms with Gasteiger partial charge in [-0.2, -0.15) is 5.10 Å². The summed E-state index contributed by atoms with van der Waals surface area (Å²) in [7, 11) is 0. The van der Waals surface area contributed by atoms with E-state index in [1.807, 2.05) is 56.3 Å². The van der Waals surface area contributed by atoms with Crippen LogP contribution in [0.1, 0.15) is 35.3 Å². The number of carbonyl (C=O) groups is 2. The third kappa shape index (κ3) is 6.73. The van der Waals surface area contributed by atoms with Crippen molar-refractivity contribution in [3.63, 3.8) is 0 Å². The summed E-state index contributed by atoms with van der Waals surface area (Å²) >= 11 is 0. The summed E-state index contributed by atoms with van der Waals surface area (Å²) in [5.41, 5.74) is 4.57. The number of benzene rings is 4. The smallest absolute Gasteiger partial charge is 0.343 e. The van der Waals surface area contributed by atoms with Gasteiger partial charge in [0.05, 0.1) is 31.4 Å². The second-order valence-corrected chi connectivity index (χ2v) is 8.09. The molecule has 0 saturated heterocycles. The standard InChI is InChI=1S/C30H28N2O5/c1-3-35-25-15-13-23(14-16-25)30(34)37-27-17-12-21(18-28(27)36-4-2)20-31-32-29(33)19-24-10-7-9-22-8-5-6-11-26(22)24/h5-18,20H,3-4,19H2,1-2H3,(H,32,33)/b31-20+. The predicted octanol–water partition coefficient (Wildman–Crippen LogP) is 5.55. The minimum atomic E-state index is -0.508. The number of ether oxygens (including phenoxy) is 3. The number of amides is 1. The third-order valence-corrected chi connectivity index (χ3v) is 5.51. The first-order chi connectivity index (χ1) is 18.1. The lowest BCUT2D eigenvalue weighted by atomic mass is 10.0. The predicted molar refractivity (Wildman–Crippen MR) is 144 cm³/mol. The first kappa shape index (κ1) is 25.4. The molecule has 4 aromatic carbocycles. The topological polar surface area (TPSA) is 86.2 Å². The number of hydrazone groups is 1. The highest BCUT2D eigenvalue weighted by atomic mass is 16.6. The average Bonchev–Trinajstić information content (AvgIpc) is 2.91. The van der Waals surface area contributed by atoms with Gasteiger partial charge in [-0.15, -0.1) is 0 Å². The van der Waals surface area contributed by atoms with Crippen molar-refractivity contribution in [1.29, 1.82) is 0 Å². The molecular formula is C30H28N2O5. The van der Waals surface area contributed by atoms with E-state index in [4.69, 9.17) is 14.2 Å². The molecule has 4 rings (SSSR count). The molecule has 0 bridgehead atoms. The number of carbonyl (C=O) groups excluding carboxylic acids is 2. The van der Waals surface area contributed by atoms with E-state index in [2.05, 4.69) is 10.5 Å². The lowest BCUT2D eigenvalue weighted by Crippen LogP contribution is -2.19. The molecule has 0 aliphatic heterocycles. The van der Waals surface area contributed by atoms with Crippen LogP contribution in [0.3, 0.4) is 0 Å². The Labute approximate surface area is 215 Å². The Bertz CT molecular complexity index is 1410. The summed E-state index contributed by atoms with van der Waals surface area (Å²) in [6.07, 6.45) is 1.73. The van der Waals surface area contributed by atoms with Crippen LogP contribution in [0.2, 0.25) is 0 Å². The van der Waals surface area contributed by atoms with Crippen molar-refractivity contribution < 1.29 is 23.8 Å². The molecular weight excluding hydrogens is 468 g/mol. The fraction of sp³-hybridized carbons (Fsp3) is 0.167. The zero-order valence-electron chi connectivity index (χ0n) is 20.8. The molecule has 0 saturated carbocycles. The molecule has 0 aliphatic carbocycles. The molecule has 37 heavy (non-hydrogen) atoms. The molecule has 0 atom stereocenters. The van der Waals surface area contributed by atoms with Crippen molar-refractivity contribution in [3.05, 3.63) is 102 Å². The van der Waals surface area contributed by atoms with Crippen molar-refractivity contribution in [3.8, 4) is 17.2 Å². The molecule has 0 unspecified atom stereocenters. The molecule has 0 aliphatic rings. The van der Waals surface area contributed by atoms with E-state index >= 15 is 0 Å². The molecule has 0 spiro atoms. The van der Waals surface area contributed by atoms with Crippen molar-refractivity contribution in [1.82, 2.24) is 5.43 Å². The van der Waals surface area contributed by atoms with Gasteiger partial charge in [-0.25, -0.2) is 10.2 Å². The first-order valence-corrected chi connectivity index (χ1v) is 12.1. The molecule has 0 aromatic heterocycles. The summed E-state index contributed by atoms with van der Waals surface area (Å²) in [6.45, 7) is 4.67. The number of hydrogen-bond acceptors (Lipinski definition) is 6. The monoisotopic (exact) mass is 496 g/mol. The van der Waals surface area contributed by atoms with Crippen molar-refractivity contribution >= 4 is 28.9 Å². The van der Waals surface area contributed by atoms with Crippen LogP contribution in [0.5, 0.6) is 17.2 Å². The Morgan fingerprint density at radius 1 is 0.838 bits per heavy atom. The Morgan fingerprint density at radius 3 is 2.38 bits per heavy atom. The molecule has 7 nitrogen and oxygen atoms in total. The van der Waals surface area contributed by atoms with E-state index in [0.29, 0.717) is 35.8 Å². The van der Waals surface area contributed by atoms with Crippen LogP contribution in [-0.2, 0) is 11.2 Å². The van der Waals surface area contributed by atoms with Gasteiger partial charge in [0.2, 0.25) is 5.91 Å². The summed E-state index contributed by atoms with van der Waals surface area (Å²) in [5, 5.41) is 6.21. The summed E-state index contributed by atoms with van der Waals surface area (Å²) in [6, 6.07) is 25.6. The second-order valence-electron chi connectivity index (χ2n) is 8.09. The van der Waals surface area contributed by atoms with Crippen molar-refractivity contribution in [2.24, 2.45) is 5.10 Å². The first-order valence-electron chi connectivity index (χ1n) is 12.1.